The molecule has 1 aromatic carbocycles. The first-order valence-electron chi connectivity index (χ1n) is 9.21. The lowest BCUT2D eigenvalue weighted by molar-refractivity contribution is 0.129. The first kappa shape index (κ1) is 16.1. The Bertz CT molecular complexity index is 503. The summed E-state index contributed by atoms with van der Waals surface area (Å²) in [7, 11) is 0. The molecule has 2 aliphatic rings. The summed E-state index contributed by atoms with van der Waals surface area (Å²) in [6.45, 7) is 13.3. The molecule has 3 rings (SSSR count). The van der Waals surface area contributed by atoms with Crippen molar-refractivity contribution in [3.63, 3.8) is 0 Å². The van der Waals surface area contributed by atoms with Gasteiger partial charge in [0.15, 0.2) is 0 Å². The normalized spacial score (nSPS) is 25.2. The van der Waals surface area contributed by atoms with Crippen molar-refractivity contribution in [1.29, 1.82) is 0 Å². The van der Waals surface area contributed by atoms with Crippen molar-refractivity contribution in [1.82, 2.24) is 4.90 Å². The van der Waals surface area contributed by atoms with Crippen molar-refractivity contribution >= 4 is 0 Å². The highest BCUT2D eigenvalue weighted by Crippen LogP contribution is 2.48. The SMILES string of the molecule is C[C@@H]1CCC2(CCN(CCC(C)(C)C)CC2)c2ccccc21. The lowest BCUT2D eigenvalue weighted by Gasteiger charge is -2.47. The second kappa shape index (κ2) is 6.00. The molecule has 1 saturated heterocycles. The van der Waals surface area contributed by atoms with Gasteiger partial charge < -0.3 is 4.90 Å². The lowest BCUT2D eigenvalue weighted by atomic mass is 9.62. The molecule has 122 valence electrons. The molecular weight excluding hydrogens is 266 g/mol. The summed E-state index contributed by atoms with van der Waals surface area (Å²) in [6, 6.07) is 9.29. The van der Waals surface area contributed by atoms with Gasteiger partial charge in [-0.1, -0.05) is 52.0 Å². The van der Waals surface area contributed by atoms with Gasteiger partial charge >= 0.3 is 0 Å². The highest BCUT2D eigenvalue weighted by molar-refractivity contribution is 5.39. The number of rotatable bonds is 2. The van der Waals surface area contributed by atoms with Crippen LogP contribution in [0.3, 0.4) is 0 Å². The summed E-state index contributed by atoms with van der Waals surface area (Å²) >= 11 is 0. The van der Waals surface area contributed by atoms with E-state index in [1.54, 1.807) is 11.1 Å². The molecular formula is C21H33N. The van der Waals surface area contributed by atoms with E-state index in [9.17, 15) is 0 Å². The van der Waals surface area contributed by atoms with Crippen molar-refractivity contribution < 1.29 is 0 Å². The van der Waals surface area contributed by atoms with Crippen LogP contribution in [0.25, 0.3) is 0 Å². The number of likely N-dealkylation sites (tertiary alicyclic amines) is 1. The van der Waals surface area contributed by atoms with Crippen LogP contribution < -0.4 is 0 Å². The van der Waals surface area contributed by atoms with E-state index in [2.05, 4.69) is 56.9 Å². The molecule has 0 saturated carbocycles. The Morgan fingerprint density at radius 2 is 1.77 bits per heavy atom. The van der Waals surface area contributed by atoms with Crippen molar-refractivity contribution in [2.45, 2.75) is 71.1 Å². The Kier molecular flexibility index (Phi) is 4.38. The van der Waals surface area contributed by atoms with Crippen molar-refractivity contribution in [2.24, 2.45) is 5.41 Å². The van der Waals surface area contributed by atoms with Crippen LogP contribution in [-0.4, -0.2) is 24.5 Å². The maximum atomic E-state index is 2.71. The third kappa shape index (κ3) is 3.25. The minimum absolute atomic E-state index is 0.460. The number of nitrogens with zero attached hydrogens (tertiary/aromatic N) is 1. The van der Waals surface area contributed by atoms with Gasteiger partial charge in [0.1, 0.15) is 0 Å². The van der Waals surface area contributed by atoms with Gasteiger partial charge in [-0.05, 0) is 79.6 Å². The van der Waals surface area contributed by atoms with Gasteiger partial charge in [-0.25, -0.2) is 0 Å². The topological polar surface area (TPSA) is 3.24 Å². The van der Waals surface area contributed by atoms with Gasteiger partial charge in [0.25, 0.3) is 0 Å². The first-order valence-corrected chi connectivity index (χ1v) is 9.21. The first-order chi connectivity index (χ1) is 10.4. The summed E-state index contributed by atoms with van der Waals surface area (Å²) in [4.78, 5) is 2.71. The van der Waals surface area contributed by atoms with Crippen molar-refractivity contribution in [2.75, 3.05) is 19.6 Å². The summed E-state index contributed by atoms with van der Waals surface area (Å²) in [5.74, 6) is 0.751. The third-order valence-electron chi connectivity index (χ3n) is 6.11. The molecule has 0 N–H and O–H groups in total. The molecule has 22 heavy (non-hydrogen) atoms. The largest absolute Gasteiger partial charge is 0.303 e. The second-order valence-electron chi connectivity index (χ2n) is 8.96. The van der Waals surface area contributed by atoms with Crippen LogP contribution in [0.5, 0.6) is 0 Å². The number of benzene rings is 1. The van der Waals surface area contributed by atoms with E-state index in [1.165, 1.54) is 51.7 Å². The van der Waals surface area contributed by atoms with E-state index in [1.807, 2.05) is 0 Å². The van der Waals surface area contributed by atoms with Crippen LogP contribution in [-0.2, 0) is 5.41 Å². The molecule has 0 radical (unpaired) electrons. The average molecular weight is 300 g/mol. The molecule has 1 spiro atoms. The minimum Gasteiger partial charge on any atom is -0.303 e. The van der Waals surface area contributed by atoms with Crippen LogP contribution in [0, 0.1) is 5.41 Å². The van der Waals surface area contributed by atoms with E-state index >= 15 is 0 Å². The molecule has 0 unspecified atom stereocenters. The lowest BCUT2D eigenvalue weighted by Crippen LogP contribution is -2.45. The maximum absolute atomic E-state index is 2.71. The molecule has 1 aliphatic heterocycles. The van der Waals surface area contributed by atoms with E-state index in [4.69, 9.17) is 0 Å². The van der Waals surface area contributed by atoms with Gasteiger partial charge in [0.2, 0.25) is 0 Å². The Labute approximate surface area is 137 Å². The Hall–Kier alpha value is -0.820. The van der Waals surface area contributed by atoms with Gasteiger partial charge in [-0.3, -0.25) is 0 Å². The fourth-order valence-corrected chi connectivity index (χ4v) is 4.41. The van der Waals surface area contributed by atoms with Crippen LogP contribution in [0.2, 0.25) is 0 Å². The molecule has 1 nitrogen and oxygen atoms in total. The fourth-order valence-electron chi connectivity index (χ4n) is 4.41. The van der Waals surface area contributed by atoms with Gasteiger partial charge in [-0.2, -0.15) is 0 Å². The quantitative estimate of drug-likeness (QED) is 0.711. The van der Waals surface area contributed by atoms with Crippen molar-refractivity contribution in [3.05, 3.63) is 35.4 Å². The van der Waals surface area contributed by atoms with Crippen LogP contribution in [0.4, 0.5) is 0 Å². The monoisotopic (exact) mass is 299 g/mol. The highest BCUT2D eigenvalue weighted by Gasteiger charge is 2.40. The Morgan fingerprint density at radius 1 is 1.09 bits per heavy atom. The molecule has 1 heteroatoms. The summed E-state index contributed by atoms with van der Waals surface area (Å²) < 4.78 is 0. The standard InChI is InChI=1S/C21H33N/c1-17-9-10-21(19-8-6-5-7-18(17)19)12-15-22(16-13-21)14-11-20(2,3)4/h5-8,17H,9-16H2,1-4H3/t17-/m1/s1. The smallest absolute Gasteiger partial charge is 0.00102 e. The number of piperidine rings is 1. The zero-order valence-electron chi connectivity index (χ0n) is 15.0. The third-order valence-corrected chi connectivity index (χ3v) is 6.11. The molecule has 1 fully saturated rings. The Morgan fingerprint density at radius 3 is 2.45 bits per heavy atom. The Balaban J connectivity index is 1.69. The maximum Gasteiger partial charge on any atom is -0.00102 e. The number of fused-ring (bicyclic) bond motifs is 2. The number of hydrogen-bond acceptors (Lipinski definition) is 1. The predicted octanol–water partition coefficient (Wildman–Crippen LogP) is 5.35. The van der Waals surface area contributed by atoms with Gasteiger partial charge in [-0.15, -0.1) is 0 Å². The molecule has 1 aromatic rings. The molecule has 1 aliphatic carbocycles. The fraction of sp³-hybridized carbons (Fsp3) is 0.714. The summed E-state index contributed by atoms with van der Waals surface area (Å²) in [6.07, 6.45) is 6.81. The molecule has 0 aromatic heterocycles. The van der Waals surface area contributed by atoms with Gasteiger partial charge in [0.05, 0.1) is 0 Å². The molecule has 1 atom stereocenters. The summed E-state index contributed by atoms with van der Waals surface area (Å²) in [5, 5.41) is 0. The predicted molar refractivity (Wildman–Crippen MR) is 95.5 cm³/mol. The molecule has 0 bridgehead atoms. The van der Waals surface area contributed by atoms with E-state index in [-0.39, 0.29) is 0 Å². The van der Waals surface area contributed by atoms with Gasteiger partial charge in [0, 0.05) is 0 Å². The minimum atomic E-state index is 0.460. The highest BCUT2D eigenvalue weighted by atomic mass is 15.1. The number of hydrogen-bond donors (Lipinski definition) is 0. The molecule has 1 heterocycles. The average Bonchev–Trinajstić information content (AvgIpc) is 2.50. The van der Waals surface area contributed by atoms with E-state index in [0.29, 0.717) is 10.8 Å². The van der Waals surface area contributed by atoms with Crippen molar-refractivity contribution in [3.8, 4) is 0 Å². The zero-order valence-corrected chi connectivity index (χ0v) is 15.0. The molecule has 0 amide bonds. The van der Waals surface area contributed by atoms with Crippen LogP contribution in [0.15, 0.2) is 24.3 Å². The second-order valence-corrected chi connectivity index (χ2v) is 8.96. The zero-order chi connectivity index (χ0) is 15.8. The van der Waals surface area contributed by atoms with E-state index in [0.717, 1.165) is 5.92 Å². The van der Waals surface area contributed by atoms with E-state index < -0.39 is 0 Å². The van der Waals surface area contributed by atoms with Crippen LogP contribution in [0.1, 0.15) is 76.8 Å². The van der Waals surface area contributed by atoms with Crippen LogP contribution >= 0.6 is 0 Å². The summed E-state index contributed by atoms with van der Waals surface area (Å²) in [5.41, 5.74) is 4.27.